The molecule has 4 heteroatoms. The van der Waals surface area contributed by atoms with Crippen molar-refractivity contribution in [3.63, 3.8) is 0 Å². The van der Waals surface area contributed by atoms with Crippen LogP contribution in [0.4, 0.5) is 0 Å². The zero-order chi connectivity index (χ0) is 10.6. The lowest BCUT2D eigenvalue weighted by molar-refractivity contribution is -0.132. The molecule has 0 aromatic carbocycles. The van der Waals surface area contributed by atoms with Crippen LogP contribution in [0.15, 0.2) is 22.8 Å². The van der Waals surface area contributed by atoms with Crippen LogP contribution in [0.5, 0.6) is 0 Å². The summed E-state index contributed by atoms with van der Waals surface area (Å²) in [5, 5.41) is 17.1. The number of carboxylic acids is 2. The minimum absolute atomic E-state index is 0.0578. The maximum Gasteiger partial charge on any atom is 0.335 e. The highest BCUT2D eigenvalue weighted by atomic mass is 16.4. The fourth-order valence-corrected chi connectivity index (χ4v) is 1.03. The summed E-state index contributed by atoms with van der Waals surface area (Å²) in [6, 6.07) is 0. The molecule has 0 aliphatic heterocycles. The van der Waals surface area contributed by atoms with Crippen LogP contribution in [0.1, 0.15) is 20.8 Å². The Hall–Kier alpha value is -1.58. The zero-order valence-corrected chi connectivity index (χ0v) is 7.79. The minimum atomic E-state index is -1.14. The molecule has 0 heterocycles. The van der Waals surface area contributed by atoms with E-state index in [0.717, 1.165) is 6.08 Å². The molecule has 0 radical (unpaired) electrons. The molecule has 0 saturated carbocycles. The predicted molar refractivity (Wildman–Crippen MR) is 47.4 cm³/mol. The standard InChI is InChI=1S/C9H12O4/c1-5(2)8(9(12)13)6(3)4-7(10)11/h4H,1-3H3,(H,10,11)(H,12,13)/b6-4+. The van der Waals surface area contributed by atoms with Crippen molar-refractivity contribution in [2.75, 3.05) is 0 Å². The molecule has 0 aliphatic rings. The van der Waals surface area contributed by atoms with Gasteiger partial charge in [0, 0.05) is 6.08 Å². The van der Waals surface area contributed by atoms with Crippen molar-refractivity contribution < 1.29 is 19.8 Å². The molecule has 0 saturated heterocycles. The first-order valence-electron chi connectivity index (χ1n) is 3.68. The van der Waals surface area contributed by atoms with Crippen LogP contribution in [0.2, 0.25) is 0 Å². The molecule has 0 aromatic heterocycles. The molecule has 0 fully saturated rings. The quantitative estimate of drug-likeness (QED) is 0.514. The normalized spacial score (nSPS) is 10.8. The fourth-order valence-electron chi connectivity index (χ4n) is 1.03. The predicted octanol–water partition coefficient (Wildman–Crippen LogP) is 1.44. The van der Waals surface area contributed by atoms with E-state index >= 15 is 0 Å². The number of hydrogen-bond donors (Lipinski definition) is 2. The number of hydrogen-bond acceptors (Lipinski definition) is 2. The van der Waals surface area contributed by atoms with Gasteiger partial charge in [0.2, 0.25) is 0 Å². The second-order valence-electron chi connectivity index (χ2n) is 2.85. The molecular formula is C9H12O4. The Bertz CT molecular complexity index is 293. The van der Waals surface area contributed by atoms with E-state index in [9.17, 15) is 9.59 Å². The summed E-state index contributed by atoms with van der Waals surface area (Å²) in [6.45, 7) is 4.72. The van der Waals surface area contributed by atoms with Crippen molar-refractivity contribution in [3.8, 4) is 0 Å². The van der Waals surface area contributed by atoms with E-state index in [0.29, 0.717) is 5.57 Å². The van der Waals surface area contributed by atoms with Crippen LogP contribution in [-0.4, -0.2) is 22.2 Å². The van der Waals surface area contributed by atoms with Crippen LogP contribution in [0.25, 0.3) is 0 Å². The minimum Gasteiger partial charge on any atom is -0.478 e. The number of allylic oxidation sites excluding steroid dienone is 1. The molecule has 0 atom stereocenters. The molecule has 4 nitrogen and oxygen atoms in total. The lowest BCUT2D eigenvalue weighted by Gasteiger charge is -2.03. The van der Waals surface area contributed by atoms with Crippen molar-refractivity contribution in [2.45, 2.75) is 20.8 Å². The van der Waals surface area contributed by atoms with Gasteiger partial charge in [0.15, 0.2) is 0 Å². The van der Waals surface area contributed by atoms with Gasteiger partial charge < -0.3 is 10.2 Å². The third-order valence-corrected chi connectivity index (χ3v) is 1.45. The summed E-state index contributed by atoms with van der Waals surface area (Å²) >= 11 is 0. The first-order chi connectivity index (χ1) is 5.86. The molecule has 0 spiro atoms. The largest absolute Gasteiger partial charge is 0.478 e. The van der Waals surface area contributed by atoms with Gasteiger partial charge >= 0.3 is 11.9 Å². The van der Waals surface area contributed by atoms with E-state index < -0.39 is 11.9 Å². The summed E-state index contributed by atoms with van der Waals surface area (Å²) < 4.78 is 0. The summed E-state index contributed by atoms with van der Waals surface area (Å²) in [4.78, 5) is 20.9. The average Bonchev–Trinajstić information content (AvgIpc) is 1.81. The van der Waals surface area contributed by atoms with Crippen molar-refractivity contribution in [2.24, 2.45) is 0 Å². The van der Waals surface area contributed by atoms with Crippen molar-refractivity contribution >= 4 is 11.9 Å². The van der Waals surface area contributed by atoms with E-state index in [1.54, 1.807) is 13.8 Å². The third-order valence-electron chi connectivity index (χ3n) is 1.45. The number of aliphatic carboxylic acids is 2. The first kappa shape index (κ1) is 11.4. The SMILES string of the molecule is CC(C)=C(C(=O)O)/C(C)=C/C(=O)O. The fraction of sp³-hybridized carbons (Fsp3) is 0.333. The Balaban J connectivity index is 5.13. The Morgan fingerprint density at radius 1 is 1.08 bits per heavy atom. The van der Waals surface area contributed by atoms with E-state index in [1.165, 1.54) is 6.92 Å². The second-order valence-corrected chi connectivity index (χ2v) is 2.85. The summed E-state index contributed by atoms with van der Waals surface area (Å²) in [5.41, 5.74) is 0.893. The summed E-state index contributed by atoms with van der Waals surface area (Å²) in [7, 11) is 0. The van der Waals surface area contributed by atoms with Gasteiger partial charge in [-0.3, -0.25) is 0 Å². The van der Waals surface area contributed by atoms with Gasteiger partial charge in [0.05, 0.1) is 5.57 Å². The van der Waals surface area contributed by atoms with Gasteiger partial charge in [-0.1, -0.05) is 5.57 Å². The highest BCUT2D eigenvalue weighted by Crippen LogP contribution is 2.14. The maximum atomic E-state index is 10.7. The molecule has 72 valence electrons. The Kier molecular flexibility index (Phi) is 3.91. The Labute approximate surface area is 76.2 Å². The van der Waals surface area contributed by atoms with Crippen LogP contribution in [0.3, 0.4) is 0 Å². The van der Waals surface area contributed by atoms with Crippen LogP contribution >= 0.6 is 0 Å². The highest BCUT2D eigenvalue weighted by Gasteiger charge is 2.11. The van der Waals surface area contributed by atoms with Gasteiger partial charge in [0.1, 0.15) is 0 Å². The molecule has 0 unspecified atom stereocenters. The second kappa shape index (κ2) is 4.45. The maximum absolute atomic E-state index is 10.7. The van der Waals surface area contributed by atoms with E-state index in [-0.39, 0.29) is 11.1 Å². The molecule has 0 rings (SSSR count). The van der Waals surface area contributed by atoms with Gasteiger partial charge in [-0.2, -0.15) is 0 Å². The Morgan fingerprint density at radius 3 is 1.77 bits per heavy atom. The van der Waals surface area contributed by atoms with Crippen LogP contribution in [0, 0.1) is 0 Å². The highest BCUT2D eigenvalue weighted by molar-refractivity contribution is 5.95. The van der Waals surface area contributed by atoms with E-state index in [4.69, 9.17) is 10.2 Å². The third kappa shape index (κ3) is 3.55. The van der Waals surface area contributed by atoms with Gasteiger partial charge in [0.25, 0.3) is 0 Å². The first-order valence-corrected chi connectivity index (χ1v) is 3.68. The molecular weight excluding hydrogens is 172 g/mol. The van der Waals surface area contributed by atoms with Crippen molar-refractivity contribution in [3.05, 3.63) is 22.8 Å². The van der Waals surface area contributed by atoms with Crippen LogP contribution < -0.4 is 0 Å². The number of rotatable bonds is 3. The molecule has 2 N–H and O–H groups in total. The number of carboxylic acid groups (broad SMARTS) is 2. The van der Waals surface area contributed by atoms with Gasteiger partial charge in [-0.25, -0.2) is 9.59 Å². The molecule has 0 aromatic rings. The summed E-state index contributed by atoms with van der Waals surface area (Å²) in [5.74, 6) is -2.24. The average molecular weight is 184 g/mol. The van der Waals surface area contributed by atoms with Gasteiger partial charge in [-0.05, 0) is 26.3 Å². The van der Waals surface area contributed by atoms with E-state index in [1.807, 2.05) is 0 Å². The lowest BCUT2D eigenvalue weighted by Crippen LogP contribution is -2.05. The van der Waals surface area contributed by atoms with Crippen LogP contribution in [-0.2, 0) is 9.59 Å². The number of carbonyl (C=O) groups is 2. The zero-order valence-electron chi connectivity index (χ0n) is 7.79. The topological polar surface area (TPSA) is 74.6 Å². The van der Waals surface area contributed by atoms with Crippen molar-refractivity contribution in [1.29, 1.82) is 0 Å². The monoisotopic (exact) mass is 184 g/mol. The molecule has 0 aliphatic carbocycles. The molecule has 0 amide bonds. The Morgan fingerprint density at radius 2 is 1.54 bits per heavy atom. The molecule has 13 heavy (non-hydrogen) atoms. The lowest BCUT2D eigenvalue weighted by atomic mass is 10.0. The molecule has 0 bridgehead atoms. The van der Waals surface area contributed by atoms with Crippen molar-refractivity contribution in [1.82, 2.24) is 0 Å². The summed E-state index contributed by atoms with van der Waals surface area (Å²) in [6.07, 6.45) is 0.885. The smallest absolute Gasteiger partial charge is 0.335 e. The van der Waals surface area contributed by atoms with E-state index in [2.05, 4.69) is 0 Å². The van der Waals surface area contributed by atoms with Gasteiger partial charge in [-0.15, -0.1) is 0 Å².